The highest BCUT2D eigenvalue weighted by Gasteiger charge is 2.17. The Bertz CT molecular complexity index is 492. The van der Waals surface area contributed by atoms with Crippen molar-refractivity contribution in [3.63, 3.8) is 0 Å². The summed E-state index contributed by atoms with van der Waals surface area (Å²) in [4.78, 5) is 0.337. The van der Waals surface area contributed by atoms with E-state index in [0.29, 0.717) is 23.9 Å². The van der Waals surface area contributed by atoms with Crippen LogP contribution in [0.1, 0.15) is 32.9 Å². The van der Waals surface area contributed by atoms with Crippen LogP contribution in [0.2, 0.25) is 0 Å². The van der Waals surface area contributed by atoms with E-state index < -0.39 is 10.0 Å². The third-order valence-corrected chi connectivity index (χ3v) is 4.20. The summed E-state index contributed by atoms with van der Waals surface area (Å²) < 4.78 is 28.6. The third-order valence-electron chi connectivity index (χ3n) is 2.81. The summed E-state index contributed by atoms with van der Waals surface area (Å²) in [7, 11) is -1.52. The lowest BCUT2D eigenvalue weighted by Crippen LogP contribution is -2.27. The first-order chi connectivity index (χ1) is 8.86. The molecule has 0 aliphatic carbocycles. The molecule has 1 heterocycles. The van der Waals surface area contributed by atoms with Gasteiger partial charge in [-0.15, -0.1) is 0 Å². The Morgan fingerprint density at radius 2 is 2.05 bits per heavy atom. The summed E-state index contributed by atoms with van der Waals surface area (Å²) in [5.41, 5.74) is 0.971. The first kappa shape index (κ1) is 16.2. The fourth-order valence-electron chi connectivity index (χ4n) is 1.65. The van der Waals surface area contributed by atoms with Crippen LogP contribution in [0.25, 0.3) is 0 Å². The number of hydrogen-bond acceptors (Lipinski definition) is 3. The lowest BCUT2D eigenvalue weighted by molar-refractivity contribution is 0.560. The van der Waals surface area contributed by atoms with Gasteiger partial charge in [0.25, 0.3) is 0 Å². The summed E-state index contributed by atoms with van der Waals surface area (Å²) in [5.74, 6) is 0.296. The molecule has 110 valence electrons. The fraction of sp³-hybridized carbons (Fsp3) is 0.692. The number of sulfonamides is 1. The monoisotopic (exact) mass is 287 g/mol. The van der Waals surface area contributed by atoms with Crippen LogP contribution in [-0.2, 0) is 23.6 Å². The van der Waals surface area contributed by atoms with Crippen LogP contribution < -0.4 is 10.0 Å². The largest absolute Gasteiger partial charge is 0.352 e. The maximum atomic E-state index is 12.1. The molecule has 2 N–H and O–H groups in total. The maximum Gasteiger partial charge on any atom is 0.242 e. The highest BCUT2D eigenvalue weighted by atomic mass is 32.2. The number of nitrogens with zero attached hydrogens (tertiary/aromatic N) is 1. The van der Waals surface area contributed by atoms with Crippen molar-refractivity contribution in [2.24, 2.45) is 13.0 Å². The van der Waals surface area contributed by atoms with E-state index in [1.165, 1.54) is 0 Å². The van der Waals surface area contributed by atoms with E-state index in [1.54, 1.807) is 12.3 Å². The zero-order valence-electron chi connectivity index (χ0n) is 12.2. The van der Waals surface area contributed by atoms with Gasteiger partial charge in [-0.3, -0.25) is 0 Å². The van der Waals surface area contributed by atoms with Crippen molar-refractivity contribution in [1.29, 1.82) is 0 Å². The lowest BCUT2D eigenvalue weighted by atomic mass is 10.2. The van der Waals surface area contributed by atoms with Gasteiger partial charge < -0.3 is 9.88 Å². The first-order valence-electron chi connectivity index (χ1n) is 6.72. The van der Waals surface area contributed by atoms with E-state index in [2.05, 4.69) is 17.0 Å². The predicted octanol–water partition coefficient (Wildman–Crippen LogP) is 1.46. The molecule has 0 fully saturated rings. The standard InChI is InChI=1S/C13H25N3O2S/c1-5-6-14-9-12-7-13(10-16(12)4)19(17,18)15-8-11(2)3/h7,10-11,14-15H,5-6,8-9H2,1-4H3. The average Bonchev–Trinajstić information content (AvgIpc) is 2.70. The molecule has 0 amide bonds. The van der Waals surface area contributed by atoms with E-state index in [-0.39, 0.29) is 0 Å². The second-order valence-corrected chi connectivity index (χ2v) is 6.97. The summed E-state index contributed by atoms with van der Waals surface area (Å²) >= 11 is 0. The second kappa shape index (κ2) is 7.07. The molecular formula is C13H25N3O2S. The Balaban J connectivity index is 2.76. The van der Waals surface area contributed by atoms with E-state index in [0.717, 1.165) is 18.7 Å². The molecule has 0 radical (unpaired) electrons. The molecule has 1 aromatic rings. The molecule has 0 atom stereocenters. The van der Waals surface area contributed by atoms with Crippen molar-refractivity contribution < 1.29 is 8.42 Å². The molecule has 1 aromatic heterocycles. The van der Waals surface area contributed by atoms with E-state index >= 15 is 0 Å². The van der Waals surface area contributed by atoms with Gasteiger partial charge in [-0.05, 0) is 24.9 Å². The predicted molar refractivity (Wildman–Crippen MR) is 77.4 cm³/mol. The van der Waals surface area contributed by atoms with E-state index in [1.807, 2.05) is 25.5 Å². The molecule has 0 aromatic carbocycles. The molecule has 1 rings (SSSR count). The highest BCUT2D eigenvalue weighted by molar-refractivity contribution is 7.89. The molecule has 6 heteroatoms. The quantitative estimate of drug-likeness (QED) is 0.712. The van der Waals surface area contributed by atoms with Crippen LogP contribution in [0.3, 0.4) is 0 Å². The number of aromatic nitrogens is 1. The molecule has 19 heavy (non-hydrogen) atoms. The molecule has 0 saturated carbocycles. The van der Waals surface area contributed by atoms with Crippen LogP contribution in [0.15, 0.2) is 17.2 Å². The molecule has 0 spiro atoms. The minimum Gasteiger partial charge on any atom is -0.352 e. The normalized spacial score (nSPS) is 12.3. The van der Waals surface area contributed by atoms with Crippen molar-refractivity contribution in [2.75, 3.05) is 13.1 Å². The Morgan fingerprint density at radius 1 is 1.37 bits per heavy atom. The van der Waals surface area contributed by atoms with Gasteiger partial charge in [0.05, 0.1) is 4.90 Å². The SMILES string of the molecule is CCCNCc1cc(S(=O)(=O)NCC(C)C)cn1C. The smallest absolute Gasteiger partial charge is 0.242 e. The molecule has 0 aliphatic rings. The van der Waals surface area contributed by atoms with Crippen molar-refractivity contribution in [3.8, 4) is 0 Å². The lowest BCUT2D eigenvalue weighted by Gasteiger charge is -2.06. The summed E-state index contributed by atoms with van der Waals surface area (Å²) in [5, 5.41) is 3.27. The summed E-state index contributed by atoms with van der Waals surface area (Å²) in [6, 6.07) is 1.73. The van der Waals surface area contributed by atoms with Gasteiger partial charge in [-0.1, -0.05) is 20.8 Å². The Hall–Kier alpha value is -0.850. The van der Waals surface area contributed by atoms with Gasteiger partial charge in [-0.25, -0.2) is 13.1 Å². The van der Waals surface area contributed by atoms with Crippen molar-refractivity contribution in [3.05, 3.63) is 18.0 Å². The Kier molecular flexibility index (Phi) is 6.03. The van der Waals surface area contributed by atoms with Crippen LogP contribution in [0.5, 0.6) is 0 Å². The van der Waals surface area contributed by atoms with Crippen LogP contribution >= 0.6 is 0 Å². The van der Waals surface area contributed by atoms with Gasteiger partial charge in [0.2, 0.25) is 10.0 Å². The van der Waals surface area contributed by atoms with Gasteiger partial charge >= 0.3 is 0 Å². The fourth-order valence-corrected chi connectivity index (χ4v) is 2.96. The minimum atomic E-state index is -3.39. The molecule has 0 saturated heterocycles. The van der Waals surface area contributed by atoms with Crippen LogP contribution in [0.4, 0.5) is 0 Å². The van der Waals surface area contributed by atoms with Gasteiger partial charge in [-0.2, -0.15) is 0 Å². The number of hydrogen-bond donors (Lipinski definition) is 2. The molecule has 0 aliphatic heterocycles. The summed E-state index contributed by atoms with van der Waals surface area (Å²) in [6.07, 6.45) is 2.72. The highest BCUT2D eigenvalue weighted by Crippen LogP contribution is 2.13. The molecule has 5 nitrogen and oxygen atoms in total. The molecular weight excluding hydrogens is 262 g/mol. The number of rotatable bonds is 8. The zero-order chi connectivity index (χ0) is 14.5. The maximum absolute atomic E-state index is 12.1. The van der Waals surface area contributed by atoms with Crippen molar-refractivity contribution >= 4 is 10.0 Å². The van der Waals surface area contributed by atoms with Gasteiger partial charge in [0.1, 0.15) is 0 Å². The number of aryl methyl sites for hydroxylation is 1. The first-order valence-corrected chi connectivity index (χ1v) is 8.20. The van der Waals surface area contributed by atoms with Crippen molar-refractivity contribution in [1.82, 2.24) is 14.6 Å². The average molecular weight is 287 g/mol. The van der Waals surface area contributed by atoms with Crippen LogP contribution in [-0.4, -0.2) is 26.1 Å². The van der Waals surface area contributed by atoms with Crippen LogP contribution in [0, 0.1) is 5.92 Å². The van der Waals surface area contributed by atoms with Gasteiger partial charge in [0.15, 0.2) is 0 Å². The molecule has 0 unspecified atom stereocenters. The Morgan fingerprint density at radius 3 is 2.63 bits per heavy atom. The topological polar surface area (TPSA) is 63.1 Å². The van der Waals surface area contributed by atoms with Gasteiger partial charge in [0, 0.05) is 32.0 Å². The zero-order valence-corrected chi connectivity index (χ0v) is 13.0. The Labute approximate surface area is 116 Å². The van der Waals surface area contributed by atoms with E-state index in [4.69, 9.17) is 0 Å². The van der Waals surface area contributed by atoms with Crippen molar-refractivity contribution in [2.45, 2.75) is 38.6 Å². The summed E-state index contributed by atoms with van der Waals surface area (Å²) in [6.45, 7) is 8.13. The molecule has 0 bridgehead atoms. The second-order valence-electron chi connectivity index (χ2n) is 5.20. The number of nitrogens with one attached hydrogen (secondary N) is 2. The minimum absolute atomic E-state index is 0.296. The van der Waals surface area contributed by atoms with E-state index in [9.17, 15) is 8.42 Å². The third kappa shape index (κ3) is 4.97.